The van der Waals surface area contributed by atoms with E-state index < -0.39 is 0 Å². The second-order valence-electron chi connectivity index (χ2n) is 4.84. The second-order valence-corrected chi connectivity index (χ2v) is 5.28. The van der Waals surface area contributed by atoms with Crippen molar-refractivity contribution in [2.24, 2.45) is 5.92 Å². The highest BCUT2D eigenvalue weighted by Gasteiger charge is 2.14. The minimum Gasteiger partial charge on any atom is -0.477 e. The molecule has 2 aromatic rings. The van der Waals surface area contributed by atoms with Gasteiger partial charge >= 0.3 is 0 Å². The highest BCUT2D eigenvalue weighted by Crippen LogP contribution is 2.25. The average Bonchev–Trinajstić information content (AvgIpc) is 2.46. The van der Waals surface area contributed by atoms with Gasteiger partial charge in [-0.25, -0.2) is 9.97 Å². The standard InChI is InChI=1S/C14H16ClN3O/c15-11-1-2-13-12(7-11)14(18-9-17-13)19-8-10-3-5-16-6-4-10/h1-2,7,9-10,16H,3-6,8H2. The van der Waals surface area contributed by atoms with Crippen molar-refractivity contribution in [2.75, 3.05) is 19.7 Å². The van der Waals surface area contributed by atoms with E-state index in [9.17, 15) is 0 Å². The predicted molar refractivity (Wildman–Crippen MR) is 75.6 cm³/mol. The van der Waals surface area contributed by atoms with Gasteiger partial charge in [0.2, 0.25) is 5.88 Å². The zero-order valence-corrected chi connectivity index (χ0v) is 11.4. The van der Waals surface area contributed by atoms with Gasteiger partial charge in [0, 0.05) is 5.02 Å². The molecule has 1 aliphatic heterocycles. The third kappa shape index (κ3) is 2.96. The molecule has 1 aromatic heterocycles. The van der Waals surface area contributed by atoms with Gasteiger partial charge in [-0.2, -0.15) is 0 Å². The number of halogens is 1. The fraction of sp³-hybridized carbons (Fsp3) is 0.429. The van der Waals surface area contributed by atoms with Gasteiger partial charge in [0.1, 0.15) is 6.33 Å². The number of fused-ring (bicyclic) bond motifs is 1. The lowest BCUT2D eigenvalue weighted by molar-refractivity contribution is 0.211. The van der Waals surface area contributed by atoms with Gasteiger partial charge in [0.15, 0.2) is 0 Å². The molecule has 4 nitrogen and oxygen atoms in total. The highest BCUT2D eigenvalue weighted by molar-refractivity contribution is 6.31. The molecule has 1 aromatic carbocycles. The molecular formula is C14H16ClN3O. The molecule has 3 rings (SSSR count). The third-order valence-electron chi connectivity index (χ3n) is 3.48. The highest BCUT2D eigenvalue weighted by atomic mass is 35.5. The van der Waals surface area contributed by atoms with Crippen molar-refractivity contribution in [3.05, 3.63) is 29.5 Å². The van der Waals surface area contributed by atoms with E-state index in [2.05, 4.69) is 15.3 Å². The SMILES string of the molecule is Clc1ccc2ncnc(OCC3CCNCC3)c2c1. The van der Waals surface area contributed by atoms with E-state index in [0.717, 1.165) is 36.8 Å². The summed E-state index contributed by atoms with van der Waals surface area (Å²) >= 11 is 6.02. The molecule has 19 heavy (non-hydrogen) atoms. The van der Waals surface area contributed by atoms with Crippen LogP contribution >= 0.6 is 11.6 Å². The summed E-state index contributed by atoms with van der Waals surface area (Å²) in [6, 6.07) is 5.57. The molecule has 0 aliphatic carbocycles. The van der Waals surface area contributed by atoms with E-state index in [1.54, 1.807) is 0 Å². The smallest absolute Gasteiger partial charge is 0.224 e. The molecule has 1 N–H and O–H groups in total. The summed E-state index contributed by atoms with van der Waals surface area (Å²) in [7, 11) is 0. The maximum absolute atomic E-state index is 6.02. The monoisotopic (exact) mass is 277 g/mol. The topological polar surface area (TPSA) is 47.0 Å². The summed E-state index contributed by atoms with van der Waals surface area (Å²) in [5, 5.41) is 4.91. The average molecular weight is 278 g/mol. The first kappa shape index (κ1) is 12.6. The molecular weight excluding hydrogens is 262 g/mol. The Morgan fingerprint density at radius 2 is 2.11 bits per heavy atom. The molecule has 0 bridgehead atoms. The Hall–Kier alpha value is -1.39. The molecule has 0 spiro atoms. The molecule has 0 atom stereocenters. The number of hydrogen-bond donors (Lipinski definition) is 1. The molecule has 1 fully saturated rings. The van der Waals surface area contributed by atoms with Gasteiger partial charge in [-0.05, 0) is 50.0 Å². The van der Waals surface area contributed by atoms with Crippen molar-refractivity contribution in [3.8, 4) is 5.88 Å². The third-order valence-corrected chi connectivity index (χ3v) is 3.71. The minimum absolute atomic E-state index is 0.602. The number of aromatic nitrogens is 2. The van der Waals surface area contributed by atoms with Gasteiger partial charge in [-0.15, -0.1) is 0 Å². The summed E-state index contributed by atoms with van der Waals surface area (Å²) in [5.41, 5.74) is 0.861. The molecule has 100 valence electrons. The summed E-state index contributed by atoms with van der Waals surface area (Å²) < 4.78 is 5.88. The number of nitrogens with zero attached hydrogens (tertiary/aromatic N) is 2. The fourth-order valence-corrected chi connectivity index (χ4v) is 2.54. The number of rotatable bonds is 3. The Bertz CT molecular complexity index is 570. The zero-order valence-electron chi connectivity index (χ0n) is 10.6. The van der Waals surface area contributed by atoms with Crippen LogP contribution in [-0.2, 0) is 0 Å². The van der Waals surface area contributed by atoms with E-state index in [-0.39, 0.29) is 0 Å². The van der Waals surface area contributed by atoms with Gasteiger partial charge < -0.3 is 10.1 Å². The molecule has 0 amide bonds. The molecule has 1 saturated heterocycles. The predicted octanol–water partition coefficient (Wildman–Crippen LogP) is 2.66. The van der Waals surface area contributed by atoms with Crippen LogP contribution in [0.2, 0.25) is 5.02 Å². The minimum atomic E-state index is 0.602. The van der Waals surface area contributed by atoms with E-state index >= 15 is 0 Å². The van der Waals surface area contributed by atoms with Crippen molar-refractivity contribution in [1.82, 2.24) is 15.3 Å². The van der Waals surface area contributed by atoms with Crippen LogP contribution in [0.15, 0.2) is 24.5 Å². The van der Waals surface area contributed by atoms with Crippen molar-refractivity contribution in [3.63, 3.8) is 0 Å². The molecule has 1 aliphatic rings. The van der Waals surface area contributed by atoms with Gasteiger partial charge in [-0.1, -0.05) is 11.6 Å². The number of ether oxygens (including phenoxy) is 1. The van der Waals surface area contributed by atoms with E-state index in [4.69, 9.17) is 16.3 Å². The number of benzene rings is 1. The quantitative estimate of drug-likeness (QED) is 0.937. The van der Waals surface area contributed by atoms with Gasteiger partial charge in [-0.3, -0.25) is 0 Å². The van der Waals surface area contributed by atoms with Crippen LogP contribution in [-0.4, -0.2) is 29.7 Å². The van der Waals surface area contributed by atoms with E-state index in [1.807, 2.05) is 18.2 Å². The van der Waals surface area contributed by atoms with Crippen molar-refractivity contribution in [1.29, 1.82) is 0 Å². The van der Waals surface area contributed by atoms with Crippen molar-refractivity contribution >= 4 is 22.5 Å². The maximum atomic E-state index is 6.02. The Labute approximate surface area is 117 Å². The maximum Gasteiger partial charge on any atom is 0.224 e. The van der Waals surface area contributed by atoms with Crippen LogP contribution in [0.25, 0.3) is 10.9 Å². The number of piperidine rings is 1. The number of hydrogen-bond acceptors (Lipinski definition) is 4. The number of nitrogens with one attached hydrogen (secondary N) is 1. The van der Waals surface area contributed by atoms with Crippen LogP contribution in [0.5, 0.6) is 5.88 Å². The zero-order chi connectivity index (χ0) is 13.1. The van der Waals surface area contributed by atoms with Crippen LogP contribution in [0, 0.1) is 5.92 Å². The Morgan fingerprint density at radius 3 is 2.95 bits per heavy atom. The molecule has 0 saturated carbocycles. The van der Waals surface area contributed by atoms with E-state index in [1.165, 1.54) is 6.33 Å². The van der Waals surface area contributed by atoms with Gasteiger partial charge in [0.05, 0.1) is 17.5 Å². The summed E-state index contributed by atoms with van der Waals surface area (Å²) in [4.78, 5) is 8.44. The second kappa shape index (κ2) is 5.72. The Kier molecular flexibility index (Phi) is 3.80. The van der Waals surface area contributed by atoms with E-state index in [0.29, 0.717) is 23.4 Å². The first-order valence-electron chi connectivity index (χ1n) is 6.57. The first-order chi connectivity index (χ1) is 9.33. The first-order valence-corrected chi connectivity index (χ1v) is 6.94. The molecule has 0 unspecified atom stereocenters. The largest absolute Gasteiger partial charge is 0.477 e. The lowest BCUT2D eigenvalue weighted by atomic mass is 9.99. The summed E-state index contributed by atoms with van der Waals surface area (Å²) in [6.07, 6.45) is 3.85. The molecule has 0 radical (unpaired) electrons. The molecule has 2 heterocycles. The van der Waals surface area contributed by atoms with Crippen LogP contribution in [0.3, 0.4) is 0 Å². The van der Waals surface area contributed by atoms with Crippen LogP contribution in [0.4, 0.5) is 0 Å². The Morgan fingerprint density at radius 1 is 1.26 bits per heavy atom. The van der Waals surface area contributed by atoms with Gasteiger partial charge in [0.25, 0.3) is 0 Å². The summed E-state index contributed by atoms with van der Waals surface area (Å²) in [5.74, 6) is 1.23. The van der Waals surface area contributed by atoms with Crippen LogP contribution in [0.1, 0.15) is 12.8 Å². The lowest BCUT2D eigenvalue weighted by Crippen LogP contribution is -2.30. The fourth-order valence-electron chi connectivity index (χ4n) is 2.37. The summed E-state index contributed by atoms with van der Waals surface area (Å²) in [6.45, 7) is 2.86. The Balaban J connectivity index is 1.78. The molecule has 5 heteroatoms. The van der Waals surface area contributed by atoms with Crippen molar-refractivity contribution < 1.29 is 4.74 Å². The lowest BCUT2D eigenvalue weighted by Gasteiger charge is -2.22. The van der Waals surface area contributed by atoms with Crippen molar-refractivity contribution in [2.45, 2.75) is 12.8 Å². The van der Waals surface area contributed by atoms with Crippen LogP contribution < -0.4 is 10.1 Å². The normalized spacial score (nSPS) is 16.7.